The maximum absolute atomic E-state index is 5.76. The molecule has 6 nitrogen and oxygen atoms in total. The van der Waals surface area contributed by atoms with E-state index in [4.69, 9.17) is 22.1 Å². The minimum absolute atomic E-state index is 0.357. The molecule has 0 aliphatic heterocycles. The van der Waals surface area contributed by atoms with Gasteiger partial charge in [-0.15, -0.1) is 0 Å². The van der Waals surface area contributed by atoms with E-state index in [9.17, 15) is 0 Å². The lowest BCUT2D eigenvalue weighted by Crippen LogP contribution is -2.33. The van der Waals surface area contributed by atoms with Gasteiger partial charge in [0.1, 0.15) is 0 Å². The van der Waals surface area contributed by atoms with E-state index in [-0.39, 0.29) is 0 Å². The SMILES string of the molecule is COCCn1c(-c2ccncc2)nn(CN(Cc2ccccc2)C(C)C)c1=S. The second-order valence-corrected chi connectivity index (χ2v) is 7.32. The van der Waals surface area contributed by atoms with Crippen LogP contribution in [0, 0.1) is 4.77 Å². The number of benzene rings is 1. The van der Waals surface area contributed by atoms with Crippen molar-refractivity contribution in [2.45, 2.75) is 39.6 Å². The summed E-state index contributed by atoms with van der Waals surface area (Å²) in [5, 5.41) is 4.85. The Morgan fingerprint density at radius 1 is 1.11 bits per heavy atom. The molecule has 0 saturated carbocycles. The lowest BCUT2D eigenvalue weighted by Gasteiger charge is -2.26. The summed E-state index contributed by atoms with van der Waals surface area (Å²) in [6.45, 7) is 7.10. The molecule has 0 saturated heterocycles. The normalized spacial score (nSPS) is 11.5. The number of hydrogen-bond donors (Lipinski definition) is 0. The smallest absolute Gasteiger partial charge is 0.199 e. The van der Waals surface area contributed by atoms with Gasteiger partial charge in [0, 0.05) is 37.7 Å². The topological polar surface area (TPSA) is 48.1 Å². The highest BCUT2D eigenvalue weighted by atomic mass is 32.1. The predicted molar refractivity (Wildman–Crippen MR) is 113 cm³/mol. The van der Waals surface area contributed by atoms with E-state index in [0.717, 1.165) is 17.9 Å². The third kappa shape index (κ3) is 4.92. The number of pyridine rings is 1. The van der Waals surface area contributed by atoms with Crippen LogP contribution in [0.4, 0.5) is 0 Å². The van der Waals surface area contributed by atoms with Crippen molar-refractivity contribution in [2.75, 3.05) is 13.7 Å². The quantitative estimate of drug-likeness (QED) is 0.511. The number of rotatable bonds is 9. The van der Waals surface area contributed by atoms with Crippen molar-refractivity contribution >= 4 is 12.2 Å². The largest absolute Gasteiger partial charge is 0.383 e. The Morgan fingerprint density at radius 2 is 1.82 bits per heavy atom. The molecule has 0 spiro atoms. The monoisotopic (exact) mass is 397 g/mol. The molecule has 1 aromatic carbocycles. The van der Waals surface area contributed by atoms with Crippen molar-refractivity contribution in [1.82, 2.24) is 24.2 Å². The summed E-state index contributed by atoms with van der Waals surface area (Å²) < 4.78 is 9.91. The molecular weight excluding hydrogens is 370 g/mol. The molecule has 0 amide bonds. The number of nitrogens with zero attached hydrogens (tertiary/aromatic N) is 5. The first-order valence-corrected chi connectivity index (χ1v) is 9.86. The van der Waals surface area contributed by atoms with Gasteiger partial charge < -0.3 is 4.74 Å². The Kier molecular flexibility index (Phi) is 7.08. The van der Waals surface area contributed by atoms with E-state index < -0.39 is 0 Å². The average Bonchev–Trinajstić information content (AvgIpc) is 3.02. The molecule has 3 aromatic rings. The Hall–Kier alpha value is -2.35. The summed E-state index contributed by atoms with van der Waals surface area (Å²) in [5.41, 5.74) is 2.27. The fraction of sp³-hybridized carbons (Fsp3) is 0.381. The first-order valence-electron chi connectivity index (χ1n) is 9.45. The summed E-state index contributed by atoms with van der Waals surface area (Å²) in [7, 11) is 1.69. The van der Waals surface area contributed by atoms with E-state index in [2.05, 4.69) is 48.0 Å². The summed E-state index contributed by atoms with van der Waals surface area (Å²) in [5.74, 6) is 0.841. The van der Waals surface area contributed by atoms with Gasteiger partial charge in [-0.2, -0.15) is 5.10 Å². The van der Waals surface area contributed by atoms with Crippen molar-refractivity contribution in [3.05, 3.63) is 65.2 Å². The molecule has 0 unspecified atom stereocenters. The van der Waals surface area contributed by atoms with Gasteiger partial charge in [0.25, 0.3) is 0 Å². The van der Waals surface area contributed by atoms with Gasteiger partial charge in [-0.05, 0) is 43.8 Å². The van der Waals surface area contributed by atoms with Crippen molar-refractivity contribution in [3.8, 4) is 11.4 Å². The van der Waals surface area contributed by atoms with Crippen LogP contribution >= 0.6 is 12.2 Å². The Morgan fingerprint density at radius 3 is 2.46 bits per heavy atom. The molecule has 148 valence electrons. The zero-order chi connectivity index (χ0) is 19.9. The van der Waals surface area contributed by atoms with Gasteiger partial charge in [0.05, 0.1) is 19.8 Å². The molecule has 0 aliphatic rings. The number of hydrogen-bond acceptors (Lipinski definition) is 5. The number of methoxy groups -OCH3 is 1. The molecule has 0 bridgehead atoms. The third-order valence-corrected chi connectivity index (χ3v) is 5.09. The van der Waals surface area contributed by atoms with Crippen molar-refractivity contribution in [1.29, 1.82) is 0 Å². The van der Waals surface area contributed by atoms with Crippen LogP contribution in [0.1, 0.15) is 19.4 Å². The molecule has 0 atom stereocenters. The van der Waals surface area contributed by atoms with Gasteiger partial charge >= 0.3 is 0 Å². The van der Waals surface area contributed by atoms with Gasteiger partial charge in [0.2, 0.25) is 0 Å². The first-order chi connectivity index (χ1) is 13.6. The highest BCUT2D eigenvalue weighted by Crippen LogP contribution is 2.19. The third-order valence-electron chi connectivity index (χ3n) is 4.65. The highest BCUT2D eigenvalue weighted by Gasteiger charge is 2.17. The van der Waals surface area contributed by atoms with E-state index in [1.165, 1.54) is 5.56 Å². The van der Waals surface area contributed by atoms with E-state index in [1.54, 1.807) is 19.5 Å². The van der Waals surface area contributed by atoms with E-state index in [0.29, 0.717) is 30.6 Å². The van der Waals surface area contributed by atoms with Crippen molar-refractivity contribution < 1.29 is 4.74 Å². The molecule has 7 heteroatoms. The molecule has 0 aliphatic carbocycles. The molecule has 3 rings (SSSR count). The van der Waals surface area contributed by atoms with Gasteiger partial charge in [-0.1, -0.05) is 30.3 Å². The molecule has 0 N–H and O–H groups in total. The van der Waals surface area contributed by atoms with Gasteiger partial charge in [0.15, 0.2) is 10.6 Å². The fourth-order valence-electron chi connectivity index (χ4n) is 3.02. The zero-order valence-corrected chi connectivity index (χ0v) is 17.5. The fourth-order valence-corrected chi connectivity index (χ4v) is 3.29. The van der Waals surface area contributed by atoms with Crippen LogP contribution in [0.25, 0.3) is 11.4 Å². The van der Waals surface area contributed by atoms with Crippen LogP contribution < -0.4 is 0 Å². The van der Waals surface area contributed by atoms with E-state index in [1.807, 2.05) is 27.4 Å². The van der Waals surface area contributed by atoms with Crippen molar-refractivity contribution in [2.24, 2.45) is 0 Å². The van der Waals surface area contributed by atoms with Crippen LogP contribution in [-0.4, -0.2) is 44.0 Å². The molecule has 2 heterocycles. The van der Waals surface area contributed by atoms with Crippen LogP contribution in [-0.2, 0) is 24.5 Å². The second-order valence-electron chi connectivity index (χ2n) is 6.95. The Bertz CT molecular complexity index is 921. The highest BCUT2D eigenvalue weighted by molar-refractivity contribution is 7.71. The first kappa shape index (κ1) is 20.4. The van der Waals surface area contributed by atoms with Crippen LogP contribution in [0.3, 0.4) is 0 Å². The molecule has 0 radical (unpaired) electrons. The number of ether oxygens (including phenoxy) is 1. The minimum atomic E-state index is 0.357. The lowest BCUT2D eigenvalue weighted by molar-refractivity contribution is 0.152. The molecule has 0 fully saturated rings. The minimum Gasteiger partial charge on any atom is -0.383 e. The maximum Gasteiger partial charge on any atom is 0.199 e. The molecular formula is C21H27N5OS. The zero-order valence-electron chi connectivity index (χ0n) is 16.7. The average molecular weight is 398 g/mol. The van der Waals surface area contributed by atoms with Gasteiger partial charge in [-0.3, -0.25) is 14.5 Å². The van der Waals surface area contributed by atoms with E-state index >= 15 is 0 Å². The van der Waals surface area contributed by atoms with Crippen LogP contribution in [0.15, 0.2) is 54.9 Å². The summed E-state index contributed by atoms with van der Waals surface area (Å²) in [6, 6.07) is 14.7. The standard InChI is InChI=1S/C21H27N5OS/c1-17(2)24(15-18-7-5-4-6-8-18)16-26-21(28)25(13-14-27-3)20(23-26)19-9-11-22-12-10-19/h4-12,17H,13-16H2,1-3H3. The van der Waals surface area contributed by atoms with Crippen LogP contribution in [0.2, 0.25) is 0 Å². The lowest BCUT2D eigenvalue weighted by atomic mass is 10.2. The Labute approximate surface area is 171 Å². The predicted octanol–water partition coefficient (Wildman–Crippen LogP) is 3.99. The maximum atomic E-state index is 5.76. The molecule has 2 aromatic heterocycles. The summed E-state index contributed by atoms with van der Waals surface area (Å²) in [4.78, 5) is 6.46. The van der Waals surface area contributed by atoms with Gasteiger partial charge in [-0.25, -0.2) is 4.68 Å². The summed E-state index contributed by atoms with van der Waals surface area (Å²) in [6.07, 6.45) is 3.54. The second kappa shape index (κ2) is 9.73. The Balaban J connectivity index is 1.92. The van der Waals surface area contributed by atoms with Crippen LogP contribution in [0.5, 0.6) is 0 Å². The van der Waals surface area contributed by atoms with Crippen molar-refractivity contribution in [3.63, 3.8) is 0 Å². The summed E-state index contributed by atoms with van der Waals surface area (Å²) >= 11 is 5.76. The number of aromatic nitrogens is 4. The molecule has 28 heavy (non-hydrogen) atoms.